The third kappa shape index (κ3) is 4.38. The van der Waals surface area contributed by atoms with Crippen LogP contribution in [0.3, 0.4) is 0 Å². The molecular formula is C15H30F2O2. The van der Waals surface area contributed by atoms with E-state index in [1.165, 1.54) is 25.7 Å². The molecule has 0 aromatic rings. The molecule has 0 heterocycles. The van der Waals surface area contributed by atoms with Crippen molar-refractivity contribution in [1.29, 1.82) is 0 Å². The summed E-state index contributed by atoms with van der Waals surface area (Å²) in [5.41, 5.74) is 0. The molecule has 2 nitrogen and oxygen atoms in total. The van der Waals surface area contributed by atoms with Crippen molar-refractivity contribution in [3.05, 3.63) is 0 Å². The Labute approximate surface area is 116 Å². The molecule has 2 saturated carbocycles. The number of halogens is 2. The summed E-state index contributed by atoms with van der Waals surface area (Å²) in [5.74, 6) is 1.22. The van der Waals surface area contributed by atoms with E-state index in [2.05, 4.69) is 6.92 Å². The van der Waals surface area contributed by atoms with Gasteiger partial charge in [-0.25, -0.2) is 8.78 Å². The second-order valence-corrected chi connectivity index (χ2v) is 6.44. The first-order valence-corrected chi connectivity index (χ1v) is 7.47. The fourth-order valence-electron chi connectivity index (χ4n) is 3.20. The molecule has 2 aliphatic carbocycles. The van der Waals surface area contributed by atoms with Crippen molar-refractivity contribution < 1.29 is 20.4 Å². The minimum absolute atomic E-state index is 0. The van der Waals surface area contributed by atoms with E-state index < -0.39 is 18.4 Å². The number of hydrogen-bond donors (Lipinski definition) is 0. The molecule has 4 heteroatoms. The summed E-state index contributed by atoms with van der Waals surface area (Å²) in [7, 11) is 0. The summed E-state index contributed by atoms with van der Waals surface area (Å²) in [6.45, 7) is 4.69. The summed E-state index contributed by atoms with van der Waals surface area (Å²) in [4.78, 5) is 0. The van der Waals surface area contributed by atoms with Crippen molar-refractivity contribution in [1.82, 2.24) is 0 Å². The van der Waals surface area contributed by atoms with E-state index in [0.717, 1.165) is 12.3 Å². The Morgan fingerprint density at radius 3 is 2.21 bits per heavy atom. The topological polar surface area (TPSA) is 40.7 Å². The van der Waals surface area contributed by atoms with E-state index in [1.807, 2.05) is 0 Å². The maximum Gasteiger partial charge on any atom is 0.157 e. The van der Waals surface area contributed by atoms with Gasteiger partial charge in [-0.2, -0.15) is 0 Å². The van der Waals surface area contributed by atoms with Crippen molar-refractivity contribution in [2.24, 2.45) is 17.8 Å². The van der Waals surface area contributed by atoms with E-state index >= 15 is 0 Å². The van der Waals surface area contributed by atoms with Gasteiger partial charge in [-0.1, -0.05) is 26.7 Å². The molecule has 4 atom stereocenters. The Morgan fingerprint density at radius 2 is 1.58 bits per heavy atom. The van der Waals surface area contributed by atoms with Gasteiger partial charge in [0.25, 0.3) is 0 Å². The number of ether oxygens (including phenoxy) is 1. The molecule has 116 valence electrons. The van der Waals surface area contributed by atoms with Crippen molar-refractivity contribution in [2.75, 3.05) is 6.61 Å². The third-order valence-electron chi connectivity index (χ3n) is 4.79. The lowest BCUT2D eigenvalue weighted by atomic mass is 9.83. The normalized spacial score (nSPS) is 43.6. The molecule has 0 aromatic carbocycles. The van der Waals surface area contributed by atoms with E-state index in [1.54, 1.807) is 6.92 Å². The predicted octanol–water partition coefficient (Wildman–Crippen LogP) is 3.73. The van der Waals surface area contributed by atoms with Gasteiger partial charge in [0.1, 0.15) is 6.17 Å². The predicted molar refractivity (Wildman–Crippen MR) is 74.8 cm³/mol. The zero-order chi connectivity index (χ0) is 13.1. The van der Waals surface area contributed by atoms with Crippen LogP contribution in [0.25, 0.3) is 0 Å². The van der Waals surface area contributed by atoms with Gasteiger partial charge in [-0.05, 0) is 43.4 Å². The van der Waals surface area contributed by atoms with Crippen LogP contribution in [-0.4, -0.2) is 30.5 Å². The molecule has 19 heavy (non-hydrogen) atoms. The molecule has 4 unspecified atom stereocenters. The van der Waals surface area contributed by atoms with Gasteiger partial charge in [0.15, 0.2) is 6.17 Å². The van der Waals surface area contributed by atoms with Crippen LogP contribution < -0.4 is 0 Å². The molecule has 0 spiro atoms. The van der Waals surface area contributed by atoms with Crippen LogP contribution in [-0.2, 0) is 4.74 Å². The number of rotatable bonds is 3. The van der Waals surface area contributed by atoms with E-state index in [9.17, 15) is 8.78 Å². The van der Waals surface area contributed by atoms with Crippen LogP contribution in [0.5, 0.6) is 0 Å². The highest BCUT2D eigenvalue weighted by Crippen LogP contribution is 2.33. The van der Waals surface area contributed by atoms with Crippen LogP contribution in [0.15, 0.2) is 0 Å². The zero-order valence-corrected chi connectivity index (χ0v) is 12.1. The second kappa shape index (κ2) is 7.53. The fraction of sp³-hybridized carbons (Fsp3) is 1.00. The first kappa shape index (κ1) is 16.8. The van der Waals surface area contributed by atoms with Gasteiger partial charge in [0.05, 0.1) is 6.10 Å². The van der Waals surface area contributed by atoms with Crippen molar-refractivity contribution in [3.8, 4) is 0 Å². The Balaban J connectivity index is 0.00000180. The Kier molecular flexibility index (Phi) is 6.67. The van der Waals surface area contributed by atoms with Gasteiger partial charge >= 0.3 is 0 Å². The summed E-state index contributed by atoms with van der Waals surface area (Å²) in [6, 6.07) is 0. The highest BCUT2D eigenvalue weighted by molar-refractivity contribution is 4.87. The van der Waals surface area contributed by atoms with E-state index in [-0.39, 0.29) is 12.8 Å². The summed E-state index contributed by atoms with van der Waals surface area (Å²) >= 11 is 0. The smallest absolute Gasteiger partial charge is 0.157 e. The lowest BCUT2D eigenvalue weighted by Gasteiger charge is -2.34. The third-order valence-corrected chi connectivity index (χ3v) is 4.79. The maximum atomic E-state index is 13.8. The van der Waals surface area contributed by atoms with Crippen molar-refractivity contribution >= 4 is 0 Å². The molecule has 0 bridgehead atoms. The molecule has 2 aliphatic rings. The molecule has 2 N–H and O–H groups in total. The molecule has 0 aromatic heterocycles. The van der Waals surface area contributed by atoms with Crippen LogP contribution in [0.2, 0.25) is 0 Å². The average molecular weight is 280 g/mol. The summed E-state index contributed by atoms with van der Waals surface area (Å²) in [5, 5.41) is 0. The van der Waals surface area contributed by atoms with Gasteiger partial charge in [0.2, 0.25) is 0 Å². The SMILES string of the molecule is CC1CCC(COC2CCC(C)C(F)C2F)CC1.O.[HH]. The molecule has 0 amide bonds. The molecular weight excluding hydrogens is 250 g/mol. The molecule has 0 aliphatic heterocycles. The van der Waals surface area contributed by atoms with Crippen LogP contribution in [0.4, 0.5) is 8.78 Å². The quantitative estimate of drug-likeness (QED) is 0.776. The minimum atomic E-state index is -1.42. The lowest BCUT2D eigenvalue weighted by molar-refractivity contribution is -0.0832. The Morgan fingerprint density at radius 1 is 0.947 bits per heavy atom. The summed E-state index contributed by atoms with van der Waals surface area (Å²) < 4.78 is 33.1. The standard InChI is InChI=1S/C15H26F2O.H2O.H2/c1-10-3-6-12(7-4-10)9-18-13-8-5-11(2)14(16)15(13)17;;/h10-15H,3-9H2,1-2H3;1H2;1H. The maximum absolute atomic E-state index is 13.8. The lowest BCUT2D eigenvalue weighted by Crippen LogP contribution is -2.42. The first-order chi connectivity index (χ1) is 8.58. The average Bonchev–Trinajstić information content (AvgIpc) is 2.37. The monoisotopic (exact) mass is 280 g/mol. The van der Waals surface area contributed by atoms with E-state index in [0.29, 0.717) is 18.9 Å². The fourth-order valence-corrected chi connectivity index (χ4v) is 3.20. The molecule has 2 fully saturated rings. The first-order valence-electron chi connectivity index (χ1n) is 7.47. The Hall–Kier alpha value is -0.220. The van der Waals surface area contributed by atoms with Gasteiger partial charge in [-0.15, -0.1) is 0 Å². The van der Waals surface area contributed by atoms with Gasteiger partial charge in [-0.3, -0.25) is 0 Å². The number of alkyl halides is 2. The molecule has 0 radical (unpaired) electrons. The molecule has 2 rings (SSSR count). The van der Waals surface area contributed by atoms with Crippen LogP contribution in [0.1, 0.15) is 53.8 Å². The molecule has 0 saturated heterocycles. The Bertz CT molecular complexity index is 260. The van der Waals surface area contributed by atoms with E-state index in [4.69, 9.17) is 4.74 Å². The van der Waals surface area contributed by atoms with Gasteiger partial charge in [0, 0.05) is 8.03 Å². The van der Waals surface area contributed by atoms with Crippen molar-refractivity contribution in [2.45, 2.75) is 70.8 Å². The van der Waals surface area contributed by atoms with Gasteiger partial charge < -0.3 is 10.2 Å². The highest BCUT2D eigenvalue weighted by Gasteiger charge is 2.39. The summed E-state index contributed by atoms with van der Waals surface area (Å²) in [6.07, 6.45) is 3.02. The zero-order valence-electron chi connectivity index (χ0n) is 12.1. The van der Waals surface area contributed by atoms with Crippen LogP contribution >= 0.6 is 0 Å². The largest absolute Gasteiger partial charge is 0.412 e. The van der Waals surface area contributed by atoms with Crippen LogP contribution in [0, 0.1) is 17.8 Å². The highest BCUT2D eigenvalue weighted by atomic mass is 19.2. The minimum Gasteiger partial charge on any atom is -0.412 e. The second-order valence-electron chi connectivity index (χ2n) is 6.44. The van der Waals surface area contributed by atoms with Crippen molar-refractivity contribution in [3.63, 3.8) is 0 Å². The number of hydrogen-bond acceptors (Lipinski definition) is 1.